The Balaban J connectivity index is 1.52. The number of aliphatic hydroxyl groups excluding tert-OH is 1. The quantitative estimate of drug-likeness (QED) is 0.740. The van der Waals surface area contributed by atoms with Gasteiger partial charge in [-0.1, -0.05) is 12.1 Å². The predicted molar refractivity (Wildman–Crippen MR) is 95.9 cm³/mol. The lowest BCUT2D eigenvalue weighted by molar-refractivity contribution is -0.156. The summed E-state index contributed by atoms with van der Waals surface area (Å²) in [6.07, 6.45) is -0.329. The molecule has 2 fully saturated rings. The number of benzene rings is 1. The smallest absolute Gasteiger partial charge is 0.306 e. The zero-order chi connectivity index (χ0) is 19.4. The van der Waals surface area contributed by atoms with Crippen LogP contribution in [-0.2, 0) is 16.0 Å². The van der Waals surface area contributed by atoms with Gasteiger partial charge in [0.05, 0.1) is 13.2 Å². The molecule has 2 aliphatic rings. The number of aliphatic hydroxyl groups is 1. The van der Waals surface area contributed by atoms with Crippen LogP contribution >= 0.6 is 0 Å². The van der Waals surface area contributed by atoms with Crippen LogP contribution in [0, 0.1) is 5.92 Å². The Bertz CT molecular complexity index is 627. The van der Waals surface area contributed by atoms with E-state index in [1.165, 1.54) is 0 Å². The first-order chi connectivity index (χ1) is 12.9. The van der Waals surface area contributed by atoms with E-state index in [-0.39, 0.29) is 31.2 Å². The van der Waals surface area contributed by atoms with Gasteiger partial charge in [0.15, 0.2) is 0 Å². The van der Waals surface area contributed by atoms with Crippen LogP contribution in [0.5, 0.6) is 5.75 Å². The molecule has 1 heterocycles. The minimum atomic E-state index is -2.60. The van der Waals surface area contributed by atoms with Gasteiger partial charge in [-0.3, -0.25) is 4.79 Å². The van der Waals surface area contributed by atoms with Gasteiger partial charge in [-0.05, 0) is 42.9 Å². The molecule has 150 valence electrons. The van der Waals surface area contributed by atoms with Gasteiger partial charge in [0.1, 0.15) is 18.0 Å². The number of ether oxygens (including phenoxy) is 2. The Labute approximate surface area is 158 Å². The van der Waals surface area contributed by atoms with Crippen molar-refractivity contribution in [1.82, 2.24) is 5.32 Å². The molecule has 1 aromatic rings. The lowest BCUT2D eigenvalue weighted by Gasteiger charge is -2.28. The summed E-state index contributed by atoms with van der Waals surface area (Å²) in [6.45, 7) is 0.356. The van der Waals surface area contributed by atoms with E-state index in [4.69, 9.17) is 9.47 Å². The van der Waals surface area contributed by atoms with Crippen molar-refractivity contribution in [3.8, 4) is 5.75 Å². The van der Waals surface area contributed by atoms with Gasteiger partial charge in [-0.15, -0.1) is 0 Å². The molecule has 1 aliphatic heterocycles. The van der Waals surface area contributed by atoms with E-state index in [2.05, 4.69) is 5.32 Å². The maximum Gasteiger partial charge on any atom is 0.306 e. The molecule has 27 heavy (non-hydrogen) atoms. The first-order valence-electron chi connectivity index (χ1n) is 9.48. The van der Waals surface area contributed by atoms with Crippen molar-refractivity contribution < 1.29 is 28.2 Å². The molecule has 7 heteroatoms. The number of β-amino-alcohol motifs (C(OH)–C–C–N with tert-alkyl or cyclic N) is 1. The molecular weight excluding hydrogens is 356 g/mol. The maximum absolute atomic E-state index is 13.2. The number of halogens is 2. The molecule has 0 unspecified atom stereocenters. The Kier molecular flexibility index (Phi) is 6.32. The van der Waals surface area contributed by atoms with Crippen molar-refractivity contribution >= 4 is 5.97 Å². The average Bonchev–Trinajstić information content (AvgIpc) is 2.97. The third kappa shape index (κ3) is 5.39. The normalized spacial score (nSPS) is 28.1. The number of carbonyl (C=O) groups is 1. The van der Waals surface area contributed by atoms with Crippen molar-refractivity contribution in [1.29, 1.82) is 0 Å². The summed E-state index contributed by atoms with van der Waals surface area (Å²) in [6, 6.07) is 7.41. The van der Waals surface area contributed by atoms with Crippen LogP contribution in [-0.4, -0.2) is 48.9 Å². The van der Waals surface area contributed by atoms with Gasteiger partial charge < -0.3 is 19.9 Å². The molecule has 1 saturated heterocycles. The van der Waals surface area contributed by atoms with Crippen LogP contribution in [0.1, 0.15) is 37.7 Å². The zero-order valence-corrected chi connectivity index (χ0v) is 15.5. The van der Waals surface area contributed by atoms with Crippen molar-refractivity contribution in [2.24, 2.45) is 5.92 Å². The lowest BCUT2D eigenvalue weighted by Crippen LogP contribution is -2.39. The highest BCUT2D eigenvalue weighted by atomic mass is 19.3. The van der Waals surface area contributed by atoms with Gasteiger partial charge in [0, 0.05) is 25.8 Å². The van der Waals surface area contributed by atoms with Gasteiger partial charge >= 0.3 is 5.97 Å². The SMILES string of the molecule is COc1ccc(C[C@H]2NC[C@H](O)[C@H]2OC(=O)CC2CCC(F)(F)CC2)cc1. The number of hydrogen-bond donors (Lipinski definition) is 2. The molecule has 0 amide bonds. The van der Waals surface area contributed by atoms with Crippen molar-refractivity contribution in [2.45, 2.75) is 62.7 Å². The van der Waals surface area contributed by atoms with E-state index in [1.54, 1.807) is 7.11 Å². The maximum atomic E-state index is 13.2. The number of nitrogens with one attached hydrogen (secondary N) is 1. The standard InChI is InChI=1S/C20H27F2NO4/c1-26-15-4-2-13(3-5-15)10-16-19(17(24)12-23-16)27-18(25)11-14-6-8-20(21,22)9-7-14/h2-5,14,16-17,19,23-24H,6-12H2,1H3/t16-,17+,19+/m1/s1. The summed E-state index contributed by atoms with van der Waals surface area (Å²) in [4.78, 5) is 12.3. The Morgan fingerprint density at radius 2 is 1.93 bits per heavy atom. The number of alkyl halides is 2. The van der Waals surface area contributed by atoms with E-state index in [1.807, 2.05) is 24.3 Å². The van der Waals surface area contributed by atoms with E-state index >= 15 is 0 Å². The number of esters is 1. The van der Waals surface area contributed by atoms with E-state index in [9.17, 15) is 18.7 Å². The Morgan fingerprint density at radius 3 is 2.56 bits per heavy atom. The molecule has 0 bridgehead atoms. The molecule has 3 rings (SSSR count). The Hall–Kier alpha value is -1.73. The minimum Gasteiger partial charge on any atom is -0.497 e. The molecule has 0 aromatic heterocycles. The molecule has 2 N–H and O–H groups in total. The highest BCUT2D eigenvalue weighted by Crippen LogP contribution is 2.37. The predicted octanol–water partition coefficient (Wildman–Crippen LogP) is 2.70. The summed E-state index contributed by atoms with van der Waals surface area (Å²) in [5.74, 6) is -2.32. The second-order valence-corrected chi connectivity index (χ2v) is 7.59. The lowest BCUT2D eigenvalue weighted by atomic mass is 9.85. The van der Waals surface area contributed by atoms with Crippen molar-refractivity contribution in [3.05, 3.63) is 29.8 Å². The third-order valence-corrected chi connectivity index (χ3v) is 5.54. The molecule has 1 aliphatic carbocycles. The number of hydrogen-bond acceptors (Lipinski definition) is 5. The molecule has 0 spiro atoms. The molecule has 5 nitrogen and oxygen atoms in total. The largest absolute Gasteiger partial charge is 0.497 e. The van der Waals surface area contributed by atoms with E-state index in [0.29, 0.717) is 25.8 Å². The summed E-state index contributed by atoms with van der Waals surface area (Å²) < 4.78 is 37.2. The molecule has 0 radical (unpaired) electrons. The number of carbonyl (C=O) groups excluding carboxylic acids is 1. The van der Waals surface area contributed by atoms with E-state index in [0.717, 1.165) is 11.3 Å². The molecular formula is C20H27F2NO4. The van der Waals surface area contributed by atoms with Gasteiger partial charge in [-0.2, -0.15) is 0 Å². The summed E-state index contributed by atoms with van der Waals surface area (Å²) in [5.41, 5.74) is 1.04. The van der Waals surface area contributed by atoms with Gasteiger partial charge in [0.25, 0.3) is 0 Å². The highest BCUT2D eigenvalue weighted by molar-refractivity contribution is 5.70. The minimum absolute atomic E-state index is 0.0660. The molecule has 3 atom stereocenters. The van der Waals surface area contributed by atoms with Crippen LogP contribution < -0.4 is 10.1 Å². The average molecular weight is 383 g/mol. The second-order valence-electron chi connectivity index (χ2n) is 7.59. The van der Waals surface area contributed by atoms with Crippen LogP contribution in [0.25, 0.3) is 0 Å². The van der Waals surface area contributed by atoms with Gasteiger partial charge in [0.2, 0.25) is 5.92 Å². The molecule has 1 aromatic carbocycles. The summed E-state index contributed by atoms with van der Waals surface area (Å²) in [7, 11) is 1.60. The van der Waals surface area contributed by atoms with E-state index < -0.39 is 24.1 Å². The fourth-order valence-corrected chi connectivity index (χ4v) is 3.88. The summed E-state index contributed by atoms with van der Waals surface area (Å²) in [5, 5.41) is 13.4. The van der Waals surface area contributed by atoms with Crippen LogP contribution in [0.4, 0.5) is 8.78 Å². The van der Waals surface area contributed by atoms with Crippen LogP contribution in [0.3, 0.4) is 0 Å². The highest BCUT2D eigenvalue weighted by Gasteiger charge is 2.39. The Morgan fingerprint density at radius 1 is 1.26 bits per heavy atom. The second kappa shape index (κ2) is 8.52. The van der Waals surface area contributed by atoms with Crippen molar-refractivity contribution in [3.63, 3.8) is 0 Å². The van der Waals surface area contributed by atoms with Crippen molar-refractivity contribution in [2.75, 3.05) is 13.7 Å². The monoisotopic (exact) mass is 383 g/mol. The van der Waals surface area contributed by atoms with Crippen LogP contribution in [0.2, 0.25) is 0 Å². The first-order valence-corrected chi connectivity index (χ1v) is 9.48. The number of rotatable bonds is 6. The third-order valence-electron chi connectivity index (χ3n) is 5.54. The van der Waals surface area contributed by atoms with Crippen LogP contribution in [0.15, 0.2) is 24.3 Å². The fourth-order valence-electron chi connectivity index (χ4n) is 3.88. The first kappa shape index (κ1) is 20.0. The fraction of sp³-hybridized carbons (Fsp3) is 0.650. The van der Waals surface area contributed by atoms with Gasteiger partial charge in [-0.25, -0.2) is 8.78 Å². The summed E-state index contributed by atoms with van der Waals surface area (Å²) >= 11 is 0. The number of methoxy groups -OCH3 is 1. The molecule has 1 saturated carbocycles. The topological polar surface area (TPSA) is 67.8 Å². The zero-order valence-electron chi connectivity index (χ0n) is 15.5.